The lowest BCUT2D eigenvalue weighted by molar-refractivity contribution is -0.122. The third kappa shape index (κ3) is 5.43. The van der Waals surface area contributed by atoms with Gasteiger partial charge in [0.15, 0.2) is 0 Å². The van der Waals surface area contributed by atoms with Crippen LogP contribution in [0.4, 0.5) is 15.8 Å². The van der Waals surface area contributed by atoms with Crippen LogP contribution in [0, 0.1) is 11.7 Å². The number of nitrogens with zero attached hydrogens (tertiary/aromatic N) is 3. The Morgan fingerprint density at radius 2 is 1.87 bits per heavy atom. The smallest absolute Gasteiger partial charge is 0.229 e. The molecule has 1 amide bonds. The van der Waals surface area contributed by atoms with Crippen LogP contribution in [-0.4, -0.2) is 56.6 Å². The van der Waals surface area contributed by atoms with Gasteiger partial charge < -0.3 is 15.1 Å². The van der Waals surface area contributed by atoms with Gasteiger partial charge in [0.05, 0.1) is 0 Å². The minimum Gasteiger partial charge on any atom is -0.371 e. The number of hydrogen-bond acceptors (Lipinski definition) is 4. The van der Waals surface area contributed by atoms with Gasteiger partial charge in [0.25, 0.3) is 0 Å². The molecular weight excluding hydrogens is 391 g/mol. The first-order valence-corrected chi connectivity index (χ1v) is 11.3. The number of halogens is 1. The average molecular weight is 425 g/mol. The van der Waals surface area contributed by atoms with Crippen LogP contribution in [-0.2, 0) is 11.3 Å². The normalized spacial score (nSPS) is 20.6. The van der Waals surface area contributed by atoms with E-state index in [1.54, 1.807) is 17.0 Å². The predicted molar refractivity (Wildman–Crippen MR) is 124 cm³/mol. The topological polar surface area (TPSA) is 38.8 Å². The van der Waals surface area contributed by atoms with Crippen LogP contribution in [0.2, 0.25) is 0 Å². The highest BCUT2D eigenvalue weighted by Crippen LogP contribution is 2.26. The van der Waals surface area contributed by atoms with E-state index in [0.717, 1.165) is 63.5 Å². The number of carbonyl (C=O) groups excluding carboxylic acids is 1. The van der Waals surface area contributed by atoms with Gasteiger partial charge in [0.2, 0.25) is 5.91 Å². The number of nitrogens with one attached hydrogen (secondary N) is 1. The highest BCUT2D eigenvalue weighted by molar-refractivity contribution is 5.94. The molecule has 2 fully saturated rings. The summed E-state index contributed by atoms with van der Waals surface area (Å²) in [5.74, 6) is -0.0373. The van der Waals surface area contributed by atoms with E-state index in [4.69, 9.17) is 0 Å². The van der Waals surface area contributed by atoms with Crippen molar-refractivity contribution in [3.05, 3.63) is 59.9 Å². The molecule has 4 rings (SSSR count). The molecule has 1 N–H and O–H groups in total. The molecule has 0 unspecified atom stereocenters. The third-order valence-electron chi connectivity index (χ3n) is 6.53. The molecular formula is C25H33FN4O. The summed E-state index contributed by atoms with van der Waals surface area (Å²) in [5.41, 5.74) is 3.12. The van der Waals surface area contributed by atoms with Gasteiger partial charge in [-0.05, 0) is 55.7 Å². The molecule has 0 bridgehead atoms. The van der Waals surface area contributed by atoms with Gasteiger partial charge in [0, 0.05) is 69.7 Å². The molecule has 0 aliphatic carbocycles. The first kappa shape index (κ1) is 21.8. The number of carbonyl (C=O) groups is 1. The maximum Gasteiger partial charge on any atom is 0.229 e. The minimum absolute atomic E-state index is 0.0109. The lowest BCUT2D eigenvalue weighted by Gasteiger charge is -2.34. The molecule has 0 spiro atoms. The van der Waals surface area contributed by atoms with E-state index in [2.05, 4.69) is 46.3 Å². The van der Waals surface area contributed by atoms with Crippen molar-refractivity contribution in [2.45, 2.75) is 32.4 Å². The molecule has 2 aromatic carbocycles. The fourth-order valence-electron chi connectivity index (χ4n) is 4.70. The Bertz CT molecular complexity index is 879. The molecule has 166 valence electrons. The number of hydrogen-bond donors (Lipinski definition) is 1. The summed E-state index contributed by atoms with van der Waals surface area (Å²) in [6, 6.07) is 15.6. The monoisotopic (exact) mass is 424 g/mol. The van der Waals surface area contributed by atoms with Crippen LogP contribution in [0.1, 0.15) is 25.3 Å². The van der Waals surface area contributed by atoms with Crippen molar-refractivity contribution >= 4 is 17.3 Å². The zero-order valence-electron chi connectivity index (χ0n) is 18.6. The molecule has 0 radical (unpaired) electrons. The molecule has 2 heterocycles. The summed E-state index contributed by atoms with van der Waals surface area (Å²) in [6.45, 7) is 7.88. The predicted octanol–water partition coefficient (Wildman–Crippen LogP) is 3.50. The summed E-state index contributed by atoms with van der Waals surface area (Å²) in [5, 5.41) is 3.47. The molecule has 0 aromatic heterocycles. The average Bonchev–Trinajstić information content (AvgIpc) is 2.79. The third-order valence-corrected chi connectivity index (χ3v) is 6.53. The van der Waals surface area contributed by atoms with Gasteiger partial charge in [0.1, 0.15) is 5.82 Å². The Morgan fingerprint density at radius 1 is 1.13 bits per heavy atom. The van der Waals surface area contributed by atoms with Crippen molar-refractivity contribution in [2.24, 2.45) is 5.92 Å². The first-order valence-electron chi connectivity index (χ1n) is 11.3. The lowest BCUT2D eigenvalue weighted by atomic mass is 9.94. The number of benzene rings is 2. The van der Waals surface area contributed by atoms with E-state index in [9.17, 15) is 9.18 Å². The van der Waals surface area contributed by atoms with Crippen LogP contribution in [0.3, 0.4) is 0 Å². The zero-order valence-corrected chi connectivity index (χ0v) is 18.6. The molecule has 2 saturated heterocycles. The van der Waals surface area contributed by atoms with Crippen molar-refractivity contribution in [1.29, 1.82) is 0 Å². The summed E-state index contributed by atoms with van der Waals surface area (Å²) in [6.07, 6.45) is 1.58. The second kappa shape index (κ2) is 9.79. The van der Waals surface area contributed by atoms with E-state index >= 15 is 0 Å². The molecule has 2 aliphatic heterocycles. The van der Waals surface area contributed by atoms with Crippen LogP contribution < -0.4 is 15.1 Å². The van der Waals surface area contributed by atoms with E-state index in [1.807, 2.05) is 13.1 Å². The Kier molecular flexibility index (Phi) is 6.88. The summed E-state index contributed by atoms with van der Waals surface area (Å²) in [7, 11) is 1.87. The highest BCUT2D eigenvalue weighted by Gasteiger charge is 2.28. The molecule has 2 aromatic rings. The van der Waals surface area contributed by atoms with Gasteiger partial charge in [-0.2, -0.15) is 0 Å². The minimum atomic E-state index is -0.217. The molecule has 31 heavy (non-hydrogen) atoms. The SMILES string of the molecule is C[C@H]1CN(Cc2ccc(N(C)C(=O)C3CCN(c4cccc(F)c4)CC3)cc2)CCN1. The first-order chi connectivity index (χ1) is 15.0. The molecule has 2 aliphatic rings. The molecule has 0 saturated carbocycles. The van der Waals surface area contributed by atoms with Gasteiger partial charge in [-0.25, -0.2) is 4.39 Å². The van der Waals surface area contributed by atoms with E-state index in [-0.39, 0.29) is 17.6 Å². The number of anilines is 2. The molecule has 1 atom stereocenters. The van der Waals surface area contributed by atoms with Gasteiger partial charge in [-0.1, -0.05) is 18.2 Å². The largest absolute Gasteiger partial charge is 0.371 e. The van der Waals surface area contributed by atoms with Crippen LogP contribution in [0.15, 0.2) is 48.5 Å². The Balaban J connectivity index is 1.31. The van der Waals surface area contributed by atoms with Gasteiger partial charge in [-0.15, -0.1) is 0 Å². The Hall–Kier alpha value is -2.44. The Morgan fingerprint density at radius 3 is 2.55 bits per heavy atom. The van der Waals surface area contributed by atoms with Gasteiger partial charge in [-0.3, -0.25) is 9.69 Å². The number of rotatable bonds is 5. The Labute approximate surface area is 184 Å². The van der Waals surface area contributed by atoms with Crippen LogP contribution in [0.5, 0.6) is 0 Å². The quantitative estimate of drug-likeness (QED) is 0.798. The maximum absolute atomic E-state index is 13.5. The second-order valence-corrected chi connectivity index (χ2v) is 8.90. The van der Waals surface area contributed by atoms with Crippen LogP contribution >= 0.6 is 0 Å². The van der Waals surface area contributed by atoms with Crippen molar-refractivity contribution < 1.29 is 9.18 Å². The van der Waals surface area contributed by atoms with Crippen molar-refractivity contribution in [3.8, 4) is 0 Å². The van der Waals surface area contributed by atoms with Crippen LogP contribution in [0.25, 0.3) is 0 Å². The lowest BCUT2D eigenvalue weighted by Crippen LogP contribution is -2.48. The van der Waals surface area contributed by atoms with Crippen molar-refractivity contribution in [3.63, 3.8) is 0 Å². The zero-order chi connectivity index (χ0) is 21.8. The highest BCUT2D eigenvalue weighted by atomic mass is 19.1. The summed E-state index contributed by atoms with van der Waals surface area (Å²) >= 11 is 0. The maximum atomic E-state index is 13.5. The fraction of sp³-hybridized carbons (Fsp3) is 0.480. The van der Waals surface area contributed by atoms with E-state index in [0.29, 0.717) is 6.04 Å². The summed E-state index contributed by atoms with van der Waals surface area (Å²) < 4.78 is 13.5. The number of piperidine rings is 1. The molecule has 5 nitrogen and oxygen atoms in total. The standard InChI is InChI=1S/C25H33FN4O/c1-19-17-29(15-12-27-19)18-20-6-8-23(9-7-20)28(2)25(31)21-10-13-30(14-11-21)24-5-3-4-22(26)16-24/h3-9,16,19,21,27H,10-15,17-18H2,1-2H3/t19-/m0/s1. The van der Waals surface area contributed by atoms with Crippen molar-refractivity contribution in [1.82, 2.24) is 10.2 Å². The van der Waals surface area contributed by atoms with Crippen molar-refractivity contribution in [2.75, 3.05) is 49.6 Å². The second-order valence-electron chi connectivity index (χ2n) is 8.90. The number of amides is 1. The molecule has 6 heteroatoms. The van der Waals surface area contributed by atoms with Gasteiger partial charge >= 0.3 is 0 Å². The number of piperazine rings is 1. The summed E-state index contributed by atoms with van der Waals surface area (Å²) in [4.78, 5) is 19.5. The van der Waals surface area contributed by atoms with E-state index in [1.165, 1.54) is 11.6 Å². The fourth-order valence-corrected chi connectivity index (χ4v) is 4.70. The van der Waals surface area contributed by atoms with E-state index < -0.39 is 0 Å².